The Labute approximate surface area is 169 Å². The smallest absolute Gasteiger partial charge is 0.250 e. The molecule has 0 unspecified atom stereocenters. The second-order valence-corrected chi connectivity index (χ2v) is 7.88. The van der Waals surface area contributed by atoms with Crippen molar-refractivity contribution < 1.29 is 14.3 Å². The van der Waals surface area contributed by atoms with E-state index in [1.165, 1.54) is 23.0 Å². The lowest BCUT2D eigenvalue weighted by Gasteiger charge is -2.13. The Morgan fingerprint density at radius 3 is 2.68 bits per heavy atom. The topological polar surface area (TPSA) is 60.5 Å². The van der Waals surface area contributed by atoms with Gasteiger partial charge in [-0.25, -0.2) is 4.98 Å². The predicted octanol–water partition coefficient (Wildman–Crippen LogP) is 5.36. The zero-order chi connectivity index (χ0) is 20.3. The fraction of sp³-hybridized carbons (Fsp3) is 0.273. The minimum atomic E-state index is -0.227. The number of benzene rings is 2. The van der Waals surface area contributed by atoms with E-state index in [9.17, 15) is 4.79 Å². The summed E-state index contributed by atoms with van der Waals surface area (Å²) in [6.45, 7) is 8.00. The molecule has 1 amide bonds. The molecule has 1 aromatic heterocycles. The first-order chi connectivity index (χ1) is 13.4. The third-order valence-corrected chi connectivity index (χ3v) is 4.96. The highest BCUT2D eigenvalue weighted by Gasteiger charge is 2.09. The van der Waals surface area contributed by atoms with Gasteiger partial charge in [-0.05, 0) is 68.7 Å². The van der Waals surface area contributed by atoms with Gasteiger partial charge in [0.25, 0.3) is 0 Å². The summed E-state index contributed by atoms with van der Waals surface area (Å²) in [5, 5.41) is 3.43. The van der Waals surface area contributed by atoms with Gasteiger partial charge in [-0.15, -0.1) is 0 Å². The van der Waals surface area contributed by atoms with Crippen molar-refractivity contribution in [1.82, 2.24) is 4.98 Å². The number of methoxy groups -OCH3 is 1. The van der Waals surface area contributed by atoms with Gasteiger partial charge in [0.15, 0.2) is 16.6 Å². The Hall–Kier alpha value is -2.86. The monoisotopic (exact) mass is 396 g/mol. The average Bonchev–Trinajstić information content (AvgIpc) is 3.03. The molecule has 6 heteroatoms. The average molecular weight is 397 g/mol. The standard InChI is InChI=1S/C22H24N2O3S/c1-13(2)27-17-8-6-16(12-18(17)26-5)7-9-20(25)23-22-24-21-15(4)10-14(3)11-19(21)28-22/h6-13H,1-5H3,(H,23,24,25)/b9-7+. The van der Waals surface area contributed by atoms with Crippen LogP contribution in [0.5, 0.6) is 11.5 Å². The molecule has 2 aromatic carbocycles. The van der Waals surface area contributed by atoms with Crippen molar-refractivity contribution in [2.24, 2.45) is 0 Å². The zero-order valence-corrected chi connectivity index (χ0v) is 17.5. The van der Waals surface area contributed by atoms with Crippen LogP contribution in [0, 0.1) is 13.8 Å². The summed E-state index contributed by atoms with van der Waals surface area (Å²) in [6.07, 6.45) is 3.28. The zero-order valence-electron chi connectivity index (χ0n) is 16.7. The number of carbonyl (C=O) groups is 1. The van der Waals surface area contributed by atoms with Crippen LogP contribution in [0.15, 0.2) is 36.4 Å². The second kappa shape index (κ2) is 8.44. The third-order valence-electron chi connectivity index (χ3n) is 4.04. The van der Waals surface area contributed by atoms with Crippen LogP contribution in [0.2, 0.25) is 0 Å². The van der Waals surface area contributed by atoms with E-state index in [-0.39, 0.29) is 12.0 Å². The molecule has 0 saturated heterocycles. The largest absolute Gasteiger partial charge is 0.493 e. The van der Waals surface area contributed by atoms with Crippen molar-refractivity contribution in [3.63, 3.8) is 0 Å². The Balaban J connectivity index is 1.72. The van der Waals surface area contributed by atoms with E-state index in [0.29, 0.717) is 16.6 Å². The van der Waals surface area contributed by atoms with Gasteiger partial charge in [0.05, 0.1) is 23.4 Å². The summed E-state index contributed by atoms with van der Waals surface area (Å²) in [5.74, 6) is 1.09. The molecule has 0 spiro atoms. The number of carbonyl (C=O) groups excluding carboxylic acids is 1. The third kappa shape index (κ3) is 4.70. The summed E-state index contributed by atoms with van der Waals surface area (Å²) in [5.41, 5.74) is 4.07. The van der Waals surface area contributed by atoms with Crippen LogP contribution in [0.1, 0.15) is 30.5 Å². The first-order valence-electron chi connectivity index (χ1n) is 9.07. The fourth-order valence-electron chi connectivity index (χ4n) is 2.88. The summed E-state index contributed by atoms with van der Waals surface area (Å²) < 4.78 is 12.2. The van der Waals surface area contributed by atoms with Crippen LogP contribution in [-0.4, -0.2) is 24.1 Å². The highest BCUT2D eigenvalue weighted by Crippen LogP contribution is 2.30. The second-order valence-electron chi connectivity index (χ2n) is 6.85. The highest BCUT2D eigenvalue weighted by molar-refractivity contribution is 7.22. The number of ether oxygens (including phenoxy) is 2. The lowest BCUT2D eigenvalue weighted by molar-refractivity contribution is -0.111. The number of fused-ring (bicyclic) bond motifs is 1. The molecule has 0 radical (unpaired) electrons. The van der Waals surface area contributed by atoms with Gasteiger partial charge in [-0.2, -0.15) is 0 Å². The summed E-state index contributed by atoms with van der Waals surface area (Å²) in [6, 6.07) is 9.74. The SMILES string of the molecule is COc1cc(/C=C/C(=O)Nc2nc3c(C)cc(C)cc3s2)ccc1OC(C)C. The molecule has 1 heterocycles. The predicted molar refractivity (Wildman–Crippen MR) is 116 cm³/mol. The maximum Gasteiger partial charge on any atom is 0.250 e. The molecule has 0 bridgehead atoms. The number of thiazole rings is 1. The van der Waals surface area contributed by atoms with Gasteiger partial charge >= 0.3 is 0 Å². The minimum absolute atomic E-state index is 0.0577. The van der Waals surface area contributed by atoms with Crippen molar-refractivity contribution in [3.8, 4) is 11.5 Å². The van der Waals surface area contributed by atoms with Gasteiger partial charge in [0.2, 0.25) is 5.91 Å². The lowest BCUT2D eigenvalue weighted by Crippen LogP contribution is -2.07. The van der Waals surface area contributed by atoms with Crippen molar-refractivity contribution in [1.29, 1.82) is 0 Å². The van der Waals surface area contributed by atoms with Crippen LogP contribution in [-0.2, 0) is 4.79 Å². The van der Waals surface area contributed by atoms with Crippen molar-refractivity contribution in [2.75, 3.05) is 12.4 Å². The lowest BCUT2D eigenvalue weighted by atomic mass is 10.1. The summed E-state index contributed by atoms with van der Waals surface area (Å²) >= 11 is 1.48. The molecular weight excluding hydrogens is 372 g/mol. The fourth-order valence-corrected chi connectivity index (χ4v) is 3.93. The minimum Gasteiger partial charge on any atom is -0.493 e. The Kier molecular flexibility index (Phi) is 5.99. The number of nitrogens with zero attached hydrogens (tertiary/aromatic N) is 1. The van der Waals surface area contributed by atoms with Crippen LogP contribution in [0.25, 0.3) is 16.3 Å². The van der Waals surface area contributed by atoms with Crippen LogP contribution in [0.4, 0.5) is 5.13 Å². The Bertz CT molecular complexity index is 1040. The summed E-state index contributed by atoms with van der Waals surface area (Å²) in [4.78, 5) is 16.8. The van der Waals surface area contributed by atoms with Crippen LogP contribution in [0.3, 0.4) is 0 Å². The van der Waals surface area contributed by atoms with Crippen molar-refractivity contribution >= 4 is 38.7 Å². The van der Waals surface area contributed by atoms with Gasteiger partial charge < -0.3 is 9.47 Å². The van der Waals surface area contributed by atoms with Crippen LogP contribution >= 0.6 is 11.3 Å². The maximum absolute atomic E-state index is 12.3. The number of nitrogens with one attached hydrogen (secondary N) is 1. The molecule has 3 rings (SSSR count). The van der Waals surface area contributed by atoms with E-state index in [1.807, 2.05) is 39.0 Å². The molecule has 5 nitrogen and oxygen atoms in total. The van der Waals surface area contributed by atoms with Gasteiger partial charge in [-0.1, -0.05) is 23.5 Å². The molecule has 0 aliphatic rings. The maximum atomic E-state index is 12.3. The van der Waals surface area contributed by atoms with E-state index in [2.05, 4.69) is 29.4 Å². The molecule has 0 fully saturated rings. The van der Waals surface area contributed by atoms with Crippen molar-refractivity contribution in [3.05, 3.63) is 53.1 Å². The van der Waals surface area contributed by atoms with E-state index < -0.39 is 0 Å². The molecule has 0 aliphatic carbocycles. The number of hydrogen-bond donors (Lipinski definition) is 1. The first-order valence-corrected chi connectivity index (χ1v) is 9.89. The summed E-state index contributed by atoms with van der Waals surface area (Å²) in [7, 11) is 1.60. The van der Waals surface area contributed by atoms with E-state index in [1.54, 1.807) is 13.2 Å². The Morgan fingerprint density at radius 2 is 1.96 bits per heavy atom. The normalized spacial score (nSPS) is 11.4. The van der Waals surface area contributed by atoms with Gasteiger partial charge in [-0.3, -0.25) is 10.1 Å². The number of amides is 1. The molecule has 0 atom stereocenters. The van der Waals surface area contributed by atoms with Crippen molar-refractivity contribution in [2.45, 2.75) is 33.8 Å². The van der Waals surface area contributed by atoms with Crippen LogP contribution < -0.4 is 14.8 Å². The molecule has 1 N–H and O–H groups in total. The number of aromatic nitrogens is 1. The van der Waals surface area contributed by atoms with E-state index >= 15 is 0 Å². The van der Waals surface area contributed by atoms with Gasteiger partial charge in [0, 0.05) is 6.08 Å². The molecule has 28 heavy (non-hydrogen) atoms. The molecule has 3 aromatic rings. The van der Waals surface area contributed by atoms with E-state index in [4.69, 9.17) is 9.47 Å². The van der Waals surface area contributed by atoms with Gasteiger partial charge in [0.1, 0.15) is 0 Å². The highest BCUT2D eigenvalue weighted by atomic mass is 32.1. The quantitative estimate of drug-likeness (QED) is 0.570. The molecule has 0 saturated carbocycles. The first kappa shape index (κ1) is 19.9. The molecular formula is C22H24N2O3S. The molecule has 146 valence electrons. The Morgan fingerprint density at radius 1 is 1.18 bits per heavy atom. The van der Waals surface area contributed by atoms with E-state index in [0.717, 1.165) is 21.3 Å². The number of aryl methyl sites for hydroxylation is 2. The number of anilines is 1. The molecule has 0 aliphatic heterocycles. The number of hydrogen-bond acceptors (Lipinski definition) is 5. The number of rotatable bonds is 6.